The quantitative estimate of drug-likeness (QED) is 0.770. The van der Waals surface area contributed by atoms with Gasteiger partial charge in [0, 0.05) is 14.9 Å². The van der Waals surface area contributed by atoms with E-state index < -0.39 is 0 Å². The third-order valence-corrected chi connectivity index (χ3v) is 5.18. The molecule has 1 amide bonds. The molecule has 2 nitrogen and oxygen atoms in total. The van der Waals surface area contributed by atoms with Gasteiger partial charge in [-0.25, -0.2) is 0 Å². The predicted molar refractivity (Wildman–Crippen MR) is 84.4 cm³/mol. The van der Waals surface area contributed by atoms with Crippen molar-refractivity contribution in [1.29, 1.82) is 0 Å². The van der Waals surface area contributed by atoms with Crippen LogP contribution in [0.5, 0.6) is 0 Å². The maximum absolute atomic E-state index is 12.1. The summed E-state index contributed by atoms with van der Waals surface area (Å²) in [6, 6.07) is 8.73. The van der Waals surface area contributed by atoms with Gasteiger partial charge < -0.3 is 5.32 Å². The highest BCUT2D eigenvalue weighted by Gasteiger charge is 2.13. The predicted octanol–water partition coefficient (Wildman–Crippen LogP) is 5.31. The minimum Gasteiger partial charge on any atom is -0.345 e. The van der Waals surface area contributed by atoms with E-state index in [9.17, 15) is 4.79 Å². The van der Waals surface area contributed by atoms with Crippen LogP contribution >= 0.6 is 50.5 Å². The van der Waals surface area contributed by atoms with Gasteiger partial charge >= 0.3 is 0 Å². The van der Waals surface area contributed by atoms with Gasteiger partial charge in [0.15, 0.2) is 0 Å². The monoisotopic (exact) mass is 377 g/mol. The fourth-order valence-electron chi connectivity index (χ4n) is 1.55. The van der Waals surface area contributed by atoms with Crippen LogP contribution in [-0.2, 0) is 0 Å². The molecule has 0 aliphatic heterocycles. The molecule has 0 saturated carbocycles. The van der Waals surface area contributed by atoms with Crippen LogP contribution in [0, 0.1) is 0 Å². The summed E-state index contributed by atoms with van der Waals surface area (Å²) >= 11 is 16.5. The van der Waals surface area contributed by atoms with Crippen LogP contribution in [0.4, 0.5) is 0 Å². The van der Waals surface area contributed by atoms with E-state index in [0.29, 0.717) is 19.4 Å². The lowest BCUT2D eigenvalue weighted by Gasteiger charge is -2.12. The topological polar surface area (TPSA) is 29.1 Å². The fraction of sp³-hybridized carbons (Fsp3) is 0.154. The summed E-state index contributed by atoms with van der Waals surface area (Å²) in [5.41, 5.74) is 0.561. The zero-order valence-corrected chi connectivity index (χ0v) is 13.8. The summed E-state index contributed by atoms with van der Waals surface area (Å²) < 4.78 is 1.42. The molecule has 100 valence electrons. The molecule has 1 aromatic carbocycles. The fourth-order valence-corrected chi connectivity index (χ4v) is 3.11. The Bertz CT molecular complexity index is 614. The van der Waals surface area contributed by atoms with Crippen LogP contribution in [-0.4, -0.2) is 5.91 Å². The Morgan fingerprint density at radius 2 is 2.05 bits per heavy atom. The Kier molecular flexibility index (Phi) is 4.90. The lowest BCUT2D eigenvalue weighted by atomic mass is 10.2. The molecule has 1 heterocycles. The van der Waals surface area contributed by atoms with Gasteiger partial charge in [-0.2, -0.15) is 0 Å². The minimum atomic E-state index is -0.144. The Morgan fingerprint density at radius 1 is 1.32 bits per heavy atom. The van der Waals surface area contributed by atoms with Crippen LogP contribution < -0.4 is 5.32 Å². The SMILES string of the molecule is CC(NC(=O)c1ccc(Cl)c(Br)c1)c1ccc(Cl)s1. The molecule has 19 heavy (non-hydrogen) atoms. The third kappa shape index (κ3) is 3.72. The van der Waals surface area contributed by atoms with E-state index in [0.717, 1.165) is 4.88 Å². The molecule has 1 unspecified atom stereocenters. The molecule has 1 atom stereocenters. The number of halogens is 3. The summed E-state index contributed by atoms with van der Waals surface area (Å²) in [4.78, 5) is 13.1. The molecule has 0 aliphatic carbocycles. The highest BCUT2D eigenvalue weighted by atomic mass is 79.9. The largest absolute Gasteiger partial charge is 0.345 e. The van der Waals surface area contributed by atoms with Gasteiger partial charge in [0.05, 0.1) is 15.4 Å². The molecule has 6 heteroatoms. The van der Waals surface area contributed by atoms with Crippen molar-refractivity contribution in [2.24, 2.45) is 0 Å². The van der Waals surface area contributed by atoms with Crippen molar-refractivity contribution in [3.05, 3.63) is 54.6 Å². The summed E-state index contributed by atoms with van der Waals surface area (Å²) in [5, 5.41) is 3.50. The number of hydrogen-bond donors (Lipinski definition) is 1. The van der Waals surface area contributed by atoms with E-state index in [2.05, 4.69) is 21.2 Å². The number of carbonyl (C=O) groups is 1. The van der Waals surface area contributed by atoms with E-state index in [1.54, 1.807) is 18.2 Å². The number of carbonyl (C=O) groups excluding carboxylic acids is 1. The molecule has 0 bridgehead atoms. The van der Waals surface area contributed by atoms with Crippen molar-refractivity contribution >= 4 is 56.4 Å². The van der Waals surface area contributed by atoms with E-state index in [4.69, 9.17) is 23.2 Å². The van der Waals surface area contributed by atoms with Gasteiger partial charge in [-0.05, 0) is 53.2 Å². The van der Waals surface area contributed by atoms with Gasteiger partial charge in [-0.3, -0.25) is 4.79 Å². The van der Waals surface area contributed by atoms with Crippen molar-refractivity contribution in [1.82, 2.24) is 5.32 Å². The molecule has 0 fully saturated rings. The van der Waals surface area contributed by atoms with Crippen LogP contribution in [0.25, 0.3) is 0 Å². The molecule has 0 saturated heterocycles. The Labute approximate surface area is 133 Å². The first-order chi connectivity index (χ1) is 8.97. The first-order valence-corrected chi connectivity index (χ1v) is 7.85. The number of hydrogen-bond acceptors (Lipinski definition) is 2. The Hall–Kier alpha value is -0.550. The summed E-state index contributed by atoms with van der Waals surface area (Å²) in [7, 11) is 0. The summed E-state index contributed by atoms with van der Waals surface area (Å²) in [6.07, 6.45) is 0. The third-order valence-electron chi connectivity index (χ3n) is 2.55. The Balaban J connectivity index is 2.10. The standard InChI is InChI=1S/C13H10BrCl2NOS/c1-7(11-4-5-12(16)19-11)17-13(18)8-2-3-10(15)9(14)6-8/h2-7H,1H3,(H,17,18). The van der Waals surface area contributed by atoms with Crippen molar-refractivity contribution in [2.45, 2.75) is 13.0 Å². The normalized spacial score (nSPS) is 12.2. The number of nitrogens with one attached hydrogen (secondary N) is 1. The van der Waals surface area contributed by atoms with Crippen LogP contribution in [0.2, 0.25) is 9.36 Å². The van der Waals surface area contributed by atoms with Crippen LogP contribution in [0.15, 0.2) is 34.8 Å². The molecule has 2 rings (SSSR count). The van der Waals surface area contributed by atoms with Gasteiger partial charge in [-0.1, -0.05) is 23.2 Å². The van der Waals surface area contributed by atoms with Crippen molar-refractivity contribution in [3.8, 4) is 0 Å². The zero-order chi connectivity index (χ0) is 14.0. The molecular weight excluding hydrogens is 369 g/mol. The highest BCUT2D eigenvalue weighted by Crippen LogP contribution is 2.27. The van der Waals surface area contributed by atoms with E-state index in [1.807, 2.05) is 19.1 Å². The maximum Gasteiger partial charge on any atom is 0.251 e. The second-order valence-corrected chi connectivity index (χ2v) is 6.97. The minimum absolute atomic E-state index is 0.0838. The molecule has 0 spiro atoms. The number of rotatable bonds is 3. The molecule has 2 aromatic rings. The molecule has 0 radical (unpaired) electrons. The average molecular weight is 379 g/mol. The molecular formula is C13H10BrCl2NOS. The first-order valence-electron chi connectivity index (χ1n) is 5.48. The average Bonchev–Trinajstić information content (AvgIpc) is 2.79. The number of benzene rings is 1. The number of amides is 1. The lowest BCUT2D eigenvalue weighted by Crippen LogP contribution is -2.26. The lowest BCUT2D eigenvalue weighted by molar-refractivity contribution is 0.0940. The van der Waals surface area contributed by atoms with Gasteiger partial charge in [-0.15, -0.1) is 11.3 Å². The van der Waals surface area contributed by atoms with Gasteiger partial charge in [0.2, 0.25) is 0 Å². The van der Waals surface area contributed by atoms with Crippen LogP contribution in [0.1, 0.15) is 28.2 Å². The molecule has 1 N–H and O–H groups in total. The highest BCUT2D eigenvalue weighted by molar-refractivity contribution is 9.10. The smallest absolute Gasteiger partial charge is 0.251 e. The van der Waals surface area contributed by atoms with E-state index in [-0.39, 0.29) is 11.9 Å². The number of thiophene rings is 1. The van der Waals surface area contributed by atoms with E-state index in [1.165, 1.54) is 11.3 Å². The second-order valence-electron chi connectivity index (χ2n) is 3.97. The summed E-state index contributed by atoms with van der Waals surface area (Å²) in [5.74, 6) is -0.144. The first kappa shape index (κ1) is 14.9. The van der Waals surface area contributed by atoms with Gasteiger partial charge in [0.1, 0.15) is 0 Å². The molecule has 0 aliphatic rings. The van der Waals surface area contributed by atoms with E-state index >= 15 is 0 Å². The second kappa shape index (κ2) is 6.27. The van der Waals surface area contributed by atoms with Crippen molar-refractivity contribution in [3.63, 3.8) is 0 Å². The van der Waals surface area contributed by atoms with Crippen molar-refractivity contribution in [2.75, 3.05) is 0 Å². The zero-order valence-electron chi connectivity index (χ0n) is 9.91. The van der Waals surface area contributed by atoms with Gasteiger partial charge in [0.25, 0.3) is 5.91 Å². The Morgan fingerprint density at radius 3 is 2.63 bits per heavy atom. The molecule has 1 aromatic heterocycles. The maximum atomic E-state index is 12.1. The summed E-state index contributed by atoms with van der Waals surface area (Å²) in [6.45, 7) is 1.92. The van der Waals surface area contributed by atoms with Crippen molar-refractivity contribution < 1.29 is 4.79 Å². The van der Waals surface area contributed by atoms with Crippen LogP contribution in [0.3, 0.4) is 0 Å².